The van der Waals surface area contributed by atoms with Gasteiger partial charge in [-0.3, -0.25) is 0 Å². The molecule has 0 unspecified atom stereocenters. The standard InChI is InChI=1S/C17H19F3/c1-2-3-4-13-5-7-14(8-6-13)15-9-11-16(12-10-15)17(18,19)20/h2-4,9-14H,1,5-8H2. The molecule has 1 fully saturated rings. The highest BCUT2D eigenvalue weighted by molar-refractivity contribution is 5.27. The first kappa shape index (κ1) is 14.9. The summed E-state index contributed by atoms with van der Waals surface area (Å²) in [6, 6.07) is 5.65. The number of hydrogen-bond donors (Lipinski definition) is 0. The molecule has 108 valence electrons. The number of halogens is 3. The molecule has 0 saturated heterocycles. The normalized spacial score (nSPS) is 23.9. The van der Waals surface area contributed by atoms with Crippen LogP contribution in [-0.4, -0.2) is 0 Å². The predicted molar refractivity (Wildman–Crippen MR) is 75.5 cm³/mol. The van der Waals surface area contributed by atoms with Gasteiger partial charge >= 0.3 is 6.18 Å². The lowest BCUT2D eigenvalue weighted by Gasteiger charge is -2.27. The summed E-state index contributed by atoms with van der Waals surface area (Å²) in [5.74, 6) is 0.976. The van der Waals surface area contributed by atoms with E-state index in [2.05, 4.69) is 12.7 Å². The summed E-state index contributed by atoms with van der Waals surface area (Å²) in [5, 5.41) is 0. The molecule has 20 heavy (non-hydrogen) atoms. The smallest absolute Gasteiger partial charge is 0.166 e. The van der Waals surface area contributed by atoms with E-state index in [1.165, 1.54) is 12.1 Å². The molecule has 3 heteroatoms. The van der Waals surface area contributed by atoms with Crippen LogP contribution in [0.4, 0.5) is 13.2 Å². The number of benzene rings is 1. The molecule has 2 rings (SSSR count). The summed E-state index contributed by atoms with van der Waals surface area (Å²) in [4.78, 5) is 0. The third-order valence-electron chi connectivity index (χ3n) is 4.00. The molecule has 0 heterocycles. The Labute approximate surface area is 118 Å². The van der Waals surface area contributed by atoms with E-state index in [0.29, 0.717) is 11.8 Å². The highest BCUT2D eigenvalue weighted by Crippen LogP contribution is 2.37. The van der Waals surface area contributed by atoms with Crippen LogP contribution in [0.3, 0.4) is 0 Å². The molecule has 0 N–H and O–H groups in total. The second-order valence-corrected chi connectivity index (χ2v) is 5.35. The van der Waals surface area contributed by atoms with Gasteiger partial charge in [0.05, 0.1) is 5.56 Å². The lowest BCUT2D eigenvalue weighted by Crippen LogP contribution is -2.12. The Hall–Kier alpha value is -1.51. The van der Waals surface area contributed by atoms with Crippen molar-refractivity contribution in [1.29, 1.82) is 0 Å². The highest BCUT2D eigenvalue weighted by Gasteiger charge is 2.30. The van der Waals surface area contributed by atoms with Crippen molar-refractivity contribution in [3.05, 3.63) is 60.2 Å². The van der Waals surface area contributed by atoms with Gasteiger partial charge in [-0.2, -0.15) is 13.2 Å². The van der Waals surface area contributed by atoms with Crippen molar-refractivity contribution in [2.45, 2.75) is 37.8 Å². The van der Waals surface area contributed by atoms with Gasteiger partial charge in [0.1, 0.15) is 0 Å². The zero-order valence-corrected chi connectivity index (χ0v) is 11.4. The molecule has 0 nitrogen and oxygen atoms in total. The maximum absolute atomic E-state index is 12.5. The minimum absolute atomic E-state index is 0.394. The van der Waals surface area contributed by atoms with Crippen LogP contribution in [0.25, 0.3) is 0 Å². The van der Waals surface area contributed by atoms with Crippen LogP contribution in [0.2, 0.25) is 0 Å². The van der Waals surface area contributed by atoms with Gasteiger partial charge in [-0.05, 0) is 55.2 Å². The maximum Gasteiger partial charge on any atom is 0.416 e. The minimum Gasteiger partial charge on any atom is -0.166 e. The van der Waals surface area contributed by atoms with E-state index in [1.807, 2.05) is 6.08 Å². The molecule has 0 bridgehead atoms. The molecule has 1 aliphatic carbocycles. The van der Waals surface area contributed by atoms with Gasteiger partial charge in [-0.15, -0.1) is 0 Å². The van der Waals surface area contributed by atoms with Crippen LogP contribution in [0.15, 0.2) is 49.1 Å². The lowest BCUT2D eigenvalue weighted by atomic mass is 9.78. The second kappa shape index (κ2) is 6.29. The van der Waals surface area contributed by atoms with Crippen molar-refractivity contribution in [2.24, 2.45) is 5.92 Å². The zero-order chi connectivity index (χ0) is 14.6. The summed E-state index contributed by atoms with van der Waals surface area (Å²) >= 11 is 0. The SMILES string of the molecule is C=CC=CC1CCC(c2ccc(C(F)(F)F)cc2)CC1. The fourth-order valence-corrected chi connectivity index (χ4v) is 2.82. The molecular formula is C17H19F3. The summed E-state index contributed by atoms with van der Waals surface area (Å²) in [7, 11) is 0. The van der Waals surface area contributed by atoms with Crippen LogP contribution >= 0.6 is 0 Å². The molecule has 1 saturated carbocycles. The van der Waals surface area contributed by atoms with E-state index >= 15 is 0 Å². The second-order valence-electron chi connectivity index (χ2n) is 5.35. The highest BCUT2D eigenvalue weighted by atomic mass is 19.4. The topological polar surface area (TPSA) is 0 Å². The van der Waals surface area contributed by atoms with Gasteiger partial charge in [0.2, 0.25) is 0 Å². The summed E-state index contributed by atoms with van der Waals surface area (Å²) in [5.41, 5.74) is 0.466. The van der Waals surface area contributed by atoms with Crippen molar-refractivity contribution in [2.75, 3.05) is 0 Å². The fourth-order valence-electron chi connectivity index (χ4n) is 2.82. The van der Waals surface area contributed by atoms with Crippen molar-refractivity contribution in [3.8, 4) is 0 Å². The third kappa shape index (κ3) is 3.75. The van der Waals surface area contributed by atoms with Gasteiger partial charge in [-0.1, -0.05) is 36.9 Å². The van der Waals surface area contributed by atoms with E-state index in [9.17, 15) is 13.2 Å². The summed E-state index contributed by atoms with van der Waals surface area (Å²) in [6.45, 7) is 3.66. The van der Waals surface area contributed by atoms with Crippen molar-refractivity contribution >= 4 is 0 Å². The number of rotatable bonds is 3. The van der Waals surface area contributed by atoms with Gasteiger partial charge in [-0.25, -0.2) is 0 Å². The van der Waals surface area contributed by atoms with Gasteiger partial charge in [0.25, 0.3) is 0 Å². The van der Waals surface area contributed by atoms with E-state index in [4.69, 9.17) is 0 Å². The average Bonchev–Trinajstić information content (AvgIpc) is 2.45. The number of alkyl halides is 3. The molecule has 0 amide bonds. The molecule has 0 spiro atoms. The first-order chi connectivity index (χ1) is 9.50. The third-order valence-corrected chi connectivity index (χ3v) is 4.00. The Morgan fingerprint density at radius 2 is 1.60 bits per heavy atom. The molecule has 0 atom stereocenters. The Balaban J connectivity index is 1.97. The molecule has 0 aliphatic heterocycles. The molecule has 1 aliphatic rings. The summed E-state index contributed by atoms with van der Waals surface area (Å²) < 4.78 is 37.5. The quantitative estimate of drug-likeness (QED) is 0.621. The Morgan fingerprint density at radius 3 is 2.10 bits per heavy atom. The largest absolute Gasteiger partial charge is 0.416 e. The molecule has 1 aromatic rings. The Morgan fingerprint density at radius 1 is 1.00 bits per heavy atom. The van der Waals surface area contributed by atoms with Gasteiger partial charge in [0.15, 0.2) is 0 Å². The van der Waals surface area contributed by atoms with Gasteiger partial charge < -0.3 is 0 Å². The molecular weight excluding hydrogens is 261 g/mol. The lowest BCUT2D eigenvalue weighted by molar-refractivity contribution is -0.137. The monoisotopic (exact) mass is 280 g/mol. The molecule has 0 radical (unpaired) electrons. The van der Waals surface area contributed by atoms with Crippen molar-refractivity contribution < 1.29 is 13.2 Å². The maximum atomic E-state index is 12.5. The fraction of sp³-hybridized carbons (Fsp3) is 0.412. The predicted octanol–water partition coefficient (Wildman–Crippen LogP) is 5.72. The van der Waals surface area contributed by atoms with Crippen LogP contribution in [0.5, 0.6) is 0 Å². The van der Waals surface area contributed by atoms with Crippen molar-refractivity contribution in [3.63, 3.8) is 0 Å². The molecule has 0 aromatic heterocycles. The van der Waals surface area contributed by atoms with Crippen LogP contribution in [0.1, 0.15) is 42.7 Å². The van der Waals surface area contributed by atoms with E-state index < -0.39 is 11.7 Å². The Kier molecular flexibility index (Phi) is 4.69. The zero-order valence-electron chi connectivity index (χ0n) is 11.4. The van der Waals surface area contributed by atoms with Crippen molar-refractivity contribution in [1.82, 2.24) is 0 Å². The Bertz CT molecular complexity index is 460. The summed E-state index contributed by atoms with van der Waals surface area (Å²) in [6.07, 6.45) is 5.95. The van der Waals surface area contributed by atoms with Gasteiger partial charge in [0, 0.05) is 0 Å². The minimum atomic E-state index is -4.24. The first-order valence-corrected chi connectivity index (χ1v) is 6.97. The number of allylic oxidation sites excluding steroid dienone is 3. The number of hydrogen-bond acceptors (Lipinski definition) is 0. The van der Waals surface area contributed by atoms with Crippen LogP contribution < -0.4 is 0 Å². The van der Waals surface area contributed by atoms with Crippen LogP contribution in [-0.2, 0) is 6.18 Å². The average molecular weight is 280 g/mol. The van der Waals surface area contributed by atoms with E-state index in [-0.39, 0.29) is 0 Å². The van der Waals surface area contributed by atoms with E-state index in [1.54, 1.807) is 18.2 Å². The molecule has 1 aromatic carbocycles. The van der Waals surface area contributed by atoms with E-state index in [0.717, 1.165) is 31.2 Å². The van der Waals surface area contributed by atoms with Crippen LogP contribution in [0, 0.1) is 5.92 Å². The first-order valence-electron chi connectivity index (χ1n) is 6.97.